The molecule has 1 N–H and O–H groups in total. The first-order valence-corrected chi connectivity index (χ1v) is 7.28. The molecule has 1 aliphatic heterocycles. The van der Waals surface area contributed by atoms with Gasteiger partial charge in [-0.15, -0.1) is 0 Å². The summed E-state index contributed by atoms with van der Waals surface area (Å²) in [6, 6.07) is 7.74. The fourth-order valence-electron chi connectivity index (χ4n) is 2.81. The van der Waals surface area contributed by atoms with Gasteiger partial charge in [0.05, 0.1) is 0 Å². The fourth-order valence-corrected chi connectivity index (χ4v) is 2.81. The summed E-state index contributed by atoms with van der Waals surface area (Å²) in [7, 11) is 1.76. The molecule has 0 aliphatic carbocycles. The lowest BCUT2D eigenvalue weighted by Crippen LogP contribution is -2.46. The van der Waals surface area contributed by atoms with Crippen molar-refractivity contribution >= 4 is 17.7 Å². The number of anilines is 1. The number of carbonyl (C=O) groups is 2. The van der Waals surface area contributed by atoms with Crippen LogP contribution < -0.4 is 4.90 Å². The van der Waals surface area contributed by atoms with E-state index in [0.717, 1.165) is 24.1 Å². The molecule has 1 unspecified atom stereocenters. The van der Waals surface area contributed by atoms with E-state index >= 15 is 0 Å². The Morgan fingerprint density at radius 2 is 2.19 bits per heavy atom. The highest BCUT2D eigenvalue weighted by Crippen LogP contribution is 2.22. The van der Waals surface area contributed by atoms with Crippen LogP contribution in [-0.2, 0) is 4.79 Å². The van der Waals surface area contributed by atoms with E-state index in [-0.39, 0.29) is 18.4 Å². The van der Waals surface area contributed by atoms with E-state index in [1.54, 1.807) is 16.8 Å². The Labute approximate surface area is 125 Å². The van der Waals surface area contributed by atoms with Crippen LogP contribution in [0.4, 0.5) is 10.5 Å². The minimum atomic E-state index is -0.790. The Bertz CT molecular complexity index is 530. The number of nitrogens with zero attached hydrogens (tertiary/aromatic N) is 2. The molecule has 5 heteroatoms. The van der Waals surface area contributed by atoms with E-state index in [4.69, 9.17) is 5.11 Å². The Hall–Kier alpha value is -2.04. The summed E-state index contributed by atoms with van der Waals surface area (Å²) in [5.74, 6) is -0.729. The van der Waals surface area contributed by atoms with Gasteiger partial charge in [0, 0.05) is 32.2 Å². The number of amides is 2. The molecule has 1 aromatic carbocycles. The van der Waals surface area contributed by atoms with Gasteiger partial charge in [0.2, 0.25) is 0 Å². The van der Waals surface area contributed by atoms with Crippen LogP contribution in [0.15, 0.2) is 24.3 Å². The van der Waals surface area contributed by atoms with Crippen LogP contribution in [0.25, 0.3) is 0 Å². The third-order valence-electron chi connectivity index (χ3n) is 3.93. The first kappa shape index (κ1) is 15.4. The van der Waals surface area contributed by atoms with Gasteiger partial charge in [0.1, 0.15) is 0 Å². The molecule has 1 aromatic rings. The number of aryl methyl sites for hydroxylation is 1. The predicted octanol–water partition coefficient (Wildman–Crippen LogP) is 2.74. The van der Waals surface area contributed by atoms with Crippen LogP contribution in [0.5, 0.6) is 0 Å². The molecular weight excluding hydrogens is 268 g/mol. The minimum absolute atomic E-state index is 0.0595. The molecule has 0 aromatic heterocycles. The van der Waals surface area contributed by atoms with Gasteiger partial charge in [-0.1, -0.05) is 12.1 Å². The van der Waals surface area contributed by atoms with Crippen molar-refractivity contribution in [2.45, 2.75) is 26.2 Å². The highest BCUT2D eigenvalue weighted by Gasteiger charge is 2.27. The molecule has 1 atom stereocenters. The van der Waals surface area contributed by atoms with Gasteiger partial charge < -0.3 is 10.0 Å². The predicted molar refractivity (Wildman–Crippen MR) is 81.5 cm³/mol. The van der Waals surface area contributed by atoms with Gasteiger partial charge in [0.25, 0.3) is 0 Å². The molecule has 0 bridgehead atoms. The average Bonchev–Trinajstić information content (AvgIpc) is 2.45. The van der Waals surface area contributed by atoms with E-state index in [1.807, 2.05) is 31.2 Å². The summed E-state index contributed by atoms with van der Waals surface area (Å²) in [6.07, 6.45) is 1.88. The third-order valence-corrected chi connectivity index (χ3v) is 3.93. The molecule has 1 heterocycles. The maximum atomic E-state index is 12.5. The van der Waals surface area contributed by atoms with Gasteiger partial charge in [-0.2, -0.15) is 0 Å². The molecule has 0 saturated carbocycles. The zero-order valence-electron chi connectivity index (χ0n) is 12.6. The lowest BCUT2D eigenvalue weighted by Gasteiger charge is -2.35. The average molecular weight is 290 g/mol. The molecular formula is C16H22N2O3. The lowest BCUT2D eigenvalue weighted by molar-refractivity contribution is -0.138. The van der Waals surface area contributed by atoms with Crippen molar-refractivity contribution in [2.75, 3.05) is 25.0 Å². The normalized spacial score (nSPS) is 18.4. The van der Waals surface area contributed by atoms with Crippen LogP contribution in [0.3, 0.4) is 0 Å². The number of piperidine rings is 1. The summed E-state index contributed by atoms with van der Waals surface area (Å²) in [4.78, 5) is 26.8. The highest BCUT2D eigenvalue weighted by molar-refractivity contribution is 5.91. The smallest absolute Gasteiger partial charge is 0.324 e. The molecule has 1 saturated heterocycles. The molecule has 2 amide bonds. The maximum absolute atomic E-state index is 12.5. The maximum Gasteiger partial charge on any atom is 0.324 e. The number of urea groups is 1. The topological polar surface area (TPSA) is 60.9 Å². The number of carboxylic acids is 1. The van der Waals surface area contributed by atoms with E-state index < -0.39 is 5.97 Å². The molecule has 1 fully saturated rings. The minimum Gasteiger partial charge on any atom is -0.481 e. The summed E-state index contributed by atoms with van der Waals surface area (Å²) in [5, 5.41) is 8.89. The van der Waals surface area contributed by atoms with Crippen molar-refractivity contribution in [3.05, 3.63) is 29.8 Å². The SMILES string of the molecule is Cc1cccc(N(C)C(=O)N2CCCC(CC(=O)O)C2)c1. The van der Waals surface area contributed by atoms with E-state index in [0.29, 0.717) is 13.1 Å². The van der Waals surface area contributed by atoms with Crippen LogP contribution in [-0.4, -0.2) is 42.1 Å². The second-order valence-electron chi connectivity index (χ2n) is 5.73. The van der Waals surface area contributed by atoms with Crippen molar-refractivity contribution in [1.82, 2.24) is 4.90 Å². The van der Waals surface area contributed by atoms with E-state index in [1.165, 1.54) is 0 Å². The second-order valence-corrected chi connectivity index (χ2v) is 5.73. The standard InChI is InChI=1S/C16H22N2O3/c1-12-5-3-7-14(9-12)17(2)16(21)18-8-4-6-13(11-18)10-15(19)20/h3,5,7,9,13H,4,6,8,10-11H2,1-2H3,(H,19,20). The molecule has 0 spiro atoms. The number of carboxylic acid groups (broad SMARTS) is 1. The fraction of sp³-hybridized carbons (Fsp3) is 0.500. The van der Waals surface area contributed by atoms with E-state index in [9.17, 15) is 9.59 Å². The summed E-state index contributed by atoms with van der Waals surface area (Å²) < 4.78 is 0. The van der Waals surface area contributed by atoms with E-state index in [2.05, 4.69) is 0 Å². The number of hydrogen-bond donors (Lipinski definition) is 1. The zero-order valence-corrected chi connectivity index (χ0v) is 12.6. The first-order chi connectivity index (χ1) is 9.97. The Morgan fingerprint density at radius 1 is 1.43 bits per heavy atom. The lowest BCUT2D eigenvalue weighted by atomic mass is 9.95. The first-order valence-electron chi connectivity index (χ1n) is 7.28. The summed E-state index contributed by atoms with van der Waals surface area (Å²) >= 11 is 0. The van der Waals surface area contributed by atoms with Crippen molar-refractivity contribution in [1.29, 1.82) is 0 Å². The number of rotatable bonds is 3. The number of likely N-dealkylation sites (tertiary alicyclic amines) is 1. The van der Waals surface area contributed by atoms with Crippen molar-refractivity contribution in [2.24, 2.45) is 5.92 Å². The summed E-state index contributed by atoms with van der Waals surface area (Å²) in [6.45, 7) is 3.22. The Morgan fingerprint density at radius 3 is 2.86 bits per heavy atom. The number of benzene rings is 1. The van der Waals surface area contributed by atoms with Crippen LogP contribution in [0.2, 0.25) is 0 Å². The molecule has 2 rings (SSSR count). The van der Waals surface area contributed by atoms with Crippen molar-refractivity contribution in [3.63, 3.8) is 0 Å². The Kier molecular flexibility index (Phi) is 4.83. The van der Waals surface area contributed by atoms with Crippen LogP contribution in [0, 0.1) is 12.8 Å². The zero-order chi connectivity index (χ0) is 15.4. The van der Waals surface area contributed by atoms with Gasteiger partial charge in [-0.25, -0.2) is 4.79 Å². The van der Waals surface area contributed by atoms with Gasteiger partial charge in [-0.3, -0.25) is 9.69 Å². The highest BCUT2D eigenvalue weighted by atomic mass is 16.4. The third kappa shape index (κ3) is 3.97. The molecule has 1 aliphatic rings. The molecule has 114 valence electrons. The molecule has 21 heavy (non-hydrogen) atoms. The number of carbonyl (C=O) groups excluding carboxylic acids is 1. The number of aliphatic carboxylic acids is 1. The largest absolute Gasteiger partial charge is 0.481 e. The second kappa shape index (κ2) is 6.61. The quantitative estimate of drug-likeness (QED) is 0.931. The molecule has 0 radical (unpaired) electrons. The molecule has 5 nitrogen and oxygen atoms in total. The van der Waals surface area contributed by atoms with Crippen molar-refractivity contribution < 1.29 is 14.7 Å². The number of hydrogen-bond acceptors (Lipinski definition) is 2. The van der Waals surface area contributed by atoms with Crippen LogP contribution in [0.1, 0.15) is 24.8 Å². The monoisotopic (exact) mass is 290 g/mol. The van der Waals surface area contributed by atoms with Crippen molar-refractivity contribution in [3.8, 4) is 0 Å². The van der Waals surface area contributed by atoms with Crippen LogP contribution >= 0.6 is 0 Å². The van der Waals surface area contributed by atoms with Gasteiger partial charge >= 0.3 is 12.0 Å². The summed E-state index contributed by atoms with van der Waals surface area (Å²) in [5.41, 5.74) is 1.97. The van der Waals surface area contributed by atoms with Gasteiger partial charge in [0.15, 0.2) is 0 Å². The Balaban J connectivity index is 2.03. The van der Waals surface area contributed by atoms with Gasteiger partial charge in [-0.05, 0) is 43.4 Å².